The van der Waals surface area contributed by atoms with Crippen LogP contribution in [-0.2, 0) is 28.6 Å². The van der Waals surface area contributed by atoms with Gasteiger partial charge in [-0.15, -0.1) is 0 Å². The van der Waals surface area contributed by atoms with Crippen LogP contribution in [0.3, 0.4) is 0 Å². The second kappa shape index (κ2) is 49.2. The Morgan fingerprint density at radius 1 is 0.361 bits per heavy atom. The number of hydrogen-bond acceptors (Lipinski definition) is 6. The maximum Gasteiger partial charge on any atom is 0.306 e. The van der Waals surface area contributed by atoms with E-state index in [-0.39, 0.29) is 37.5 Å². The smallest absolute Gasteiger partial charge is 0.306 e. The van der Waals surface area contributed by atoms with Crippen molar-refractivity contribution in [3.63, 3.8) is 0 Å². The number of hydrogen-bond donors (Lipinski definition) is 0. The maximum absolute atomic E-state index is 12.8. The van der Waals surface area contributed by atoms with Gasteiger partial charge in [-0.3, -0.25) is 14.4 Å². The van der Waals surface area contributed by atoms with Crippen molar-refractivity contribution < 1.29 is 28.6 Å². The zero-order valence-electron chi connectivity index (χ0n) is 39.7. The minimum Gasteiger partial charge on any atom is -0.462 e. The lowest BCUT2D eigenvalue weighted by Gasteiger charge is -2.18. The molecule has 0 bridgehead atoms. The van der Waals surface area contributed by atoms with Crippen molar-refractivity contribution in [3.8, 4) is 0 Å². The number of carbonyl (C=O) groups is 3. The van der Waals surface area contributed by atoms with E-state index in [0.29, 0.717) is 19.3 Å². The molecule has 0 heterocycles. The van der Waals surface area contributed by atoms with Gasteiger partial charge in [0, 0.05) is 19.3 Å². The molecule has 6 nitrogen and oxygen atoms in total. The third-order valence-electron chi connectivity index (χ3n) is 10.4. The molecular weight excluding hydrogens is 757 g/mol. The quantitative estimate of drug-likeness (QED) is 0.0200. The second-order valence-corrected chi connectivity index (χ2v) is 16.4. The largest absolute Gasteiger partial charge is 0.462 e. The summed E-state index contributed by atoms with van der Waals surface area (Å²) in [6.07, 6.45) is 62.9. The highest BCUT2D eigenvalue weighted by atomic mass is 16.6. The predicted octanol–water partition coefficient (Wildman–Crippen LogP) is 16.4. The minimum absolute atomic E-state index is 0.107. The first-order valence-electron chi connectivity index (χ1n) is 25.1. The van der Waals surface area contributed by atoms with Gasteiger partial charge in [0.2, 0.25) is 0 Å². The second-order valence-electron chi connectivity index (χ2n) is 16.4. The number of rotatable bonds is 44. The average molecular weight is 849 g/mol. The third-order valence-corrected chi connectivity index (χ3v) is 10.4. The minimum atomic E-state index is -0.807. The van der Waals surface area contributed by atoms with E-state index in [4.69, 9.17) is 14.2 Å². The third kappa shape index (κ3) is 47.5. The van der Waals surface area contributed by atoms with Gasteiger partial charge in [-0.25, -0.2) is 0 Å². The van der Waals surface area contributed by atoms with Crippen molar-refractivity contribution >= 4 is 17.9 Å². The predicted molar refractivity (Wildman–Crippen MR) is 261 cm³/mol. The van der Waals surface area contributed by atoms with Crippen LogP contribution in [0.25, 0.3) is 0 Å². The molecule has 61 heavy (non-hydrogen) atoms. The fourth-order valence-electron chi connectivity index (χ4n) is 6.63. The van der Waals surface area contributed by atoms with Gasteiger partial charge in [0.25, 0.3) is 0 Å². The summed E-state index contributed by atoms with van der Waals surface area (Å²) in [5.74, 6) is -0.993. The molecular formula is C55H92O6. The molecule has 0 radical (unpaired) electrons. The Bertz CT molecular complexity index is 1200. The molecule has 1 unspecified atom stereocenters. The van der Waals surface area contributed by atoms with Gasteiger partial charge < -0.3 is 14.2 Å². The van der Waals surface area contributed by atoms with E-state index in [2.05, 4.69) is 106 Å². The van der Waals surface area contributed by atoms with Crippen LogP contribution in [0, 0.1) is 0 Å². The van der Waals surface area contributed by atoms with E-state index in [1.807, 2.05) is 0 Å². The molecule has 0 saturated heterocycles. The van der Waals surface area contributed by atoms with Crippen molar-refractivity contribution in [2.75, 3.05) is 13.2 Å². The van der Waals surface area contributed by atoms with Crippen LogP contribution < -0.4 is 0 Å². The molecule has 0 N–H and O–H groups in total. The van der Waals surface area contributed by atoms with Crippen molar-refractivity contribution in [3.05, 3.63) is 85.1 Å². The molecule has 1 atom stereocenters. The Hall–Kier alpha value is -3.41. The zero-order chi connectivity index (χ0) is 44.4. The Balaban J connectivity index is 4.48. The summed E-state index contributed by atoms with van der Waals surface area (Å²) in [4.78, 5) is 37.9. The van der Waals surface area contributed by atoms with Gasteiger partial charge in [-0.1, -0.05) is 215 Å². The Kier molecular flexibility index (Phi) is 46.5. The number of esters is 3. The van der Waals surface area contributed by atoms with E-state index >= 15 is 0 Å². The fourth-order valence-corrected chi connectivity index (χ4v) is 6.63. The lowest BCUT2D eigenvalue weighted by atomic mass is 10.0. The molecule has 0 aliphatic carbocycles. The SMILES string of the molecule is CC/C=C\C/C=C\C/C=C\C/C=C\C/C=C\CCCC(=O)OCC(COC(=O)CCCCC/C=C\C=C/CCCC)OC(=O)CCCCCCCCCCCCCCCCC. The van der Waals surface area contributed by atoms with E-state index in [0.717, 1.165) is 89.9 Å². The highest BCUT2D eigenvalue weighted by molar-refractivity contribution is 5.71. The van der Waals surface area contributed by atoms with Crippen LogP contribution in [0.1, 0.15) is 226 Å². The van der Waals surface area contributed by atoms with Crippen LogP contribution >= 0.6 is 0 Å². The van der Waals surface area contributed by atoms with Crippen LogP contribution in [0.5, 0.6) is 0 Å². The van der Waals surface area contributed by atoms with E-state index < -0.39 is 6.10 Å². The van der Waals surface area contributed by atoms with E-state index in [1.165, 1.54) is 89.9 Å². The molecule has 0 fully saturated rings. The van der Waals surface area contributed by atoms with Gasteiger partial charge >= 0.3 is 17.9 Å². The first-order valence-corrected chi connectivity index (χ1v) is 25.1. The summed E-state index contributed by atoms with van der Waals surface area (Å²) in [6.45, 7) is 6.39. The Morgan fingerprint density at radius 3 is 1.20 bits per heavy atom. The molecule has 0 aliphatic rings. The fraction of sp³-hybridized carbons (Fsp3) is 0.691. The topological polar surface area (TPSA) is 78.9 Å². The molecule has 0 aromatic rings. The van der Waals surface area contributed by atoms with Crippen molar-refractivity contribution in [1.29, 1.82) is 0 Å². The first kappa shape index (κ1) is 57.6. The number of unbranched alkanes of at least 4 members (excludes halogenated alkanes) is 20. The molecule has 0 rings (SSSR count). The lowest BCUT2D eigenvalue weighted by molar-refractivity contribution is -0.167. The van der Waals surface area contributed by atoms with Gasteiger partial charge in [0.05, 0.1) is 0 Å². The van der Waals surface area contributed by atoms with Crippen molar-refractivity contribution in [2.45, 2.75) is 232 Å². The molecule has 0 aromatic carbocycles. The molecule has 0 spiro atoms. The van der Waals surface area contributed by atoms with Gasteiger partial charge in [-0.2, -0.15) is 0 Å². The van der Waals surface area contributed by atoms with E-state index in [9.17, 15) is 14.4 Å². The summed E-state index contributed by atoms with van der Waals surface area (Å²) in [5, 5.41) is 0. The lowest BCUT2D eigenvalue weighted by Crippen LogP contribution is -2.30. The normalized spacial score (nSPS) is 12.8. The average Bonchev–Trinajstić information content (AvgIpc) is 3.26. The Labute approximate surface area is 375 Å². The molecule has 348 valence electrons. The van der Waals surface area contributed by atoms with Gasteiger partial charge in [-0.05, 0) is 77.0 Å². The van der Waals surface area contributed by atoms with Crippen LogP contribution in [0.2, 0.25) is 0 Å². The first-order chi connectivity index (χ1) is 30.0. The summed E-state index contributed by atoms with van der Waals surface area (Å²) in [6, 6.07) is 0. The standard InChI is InChI=1S/C55H92O6/c1-4-7-10-13-16-19-22-24-26-27-29-30-33-36-39-42-45-48-54(57)60-51-52(50-59-53(56)47-44-41-38-35-32-21-18-15-12-9-6-3)61-55(58)49-46-43-40-37-34-31-28-25-23-20-17-14-11-8-5-2/h7,10,15-16,18-19,21,24,26,29-30,32,36,39,52H,4-6,8-9,11-14,17,20,22-23,25,27-28,31,33-35,37-38,40-51H2,1-3H3/b10-7-,18-15-,19-16-,26-24-,30-29-,32-21-,39-36-. The number of ether oxygens (including phenoxy) is 3. The number of carbonyl (C=O) groups excluding carboxylic acids is 3. The summed E-state index contributed by atoms with van der Waals surface area (Å²) >= 11 is 0. The Morgan fingerprint density at radius 2 is 0.721 bits per heavy atom. The molecule has 0 aliphatic heterocycles. The maximum atomic E-state index is 12.8. The highest BCUT2D eigenvalue weighted by Gasteiger charge is 2.19. The van der Waals surface area contributed by atoms with Crippen LogP contribution in [0.15, 0.2) is 85.1 Å². The number of allylic oxidation sites excluding steroid dienone is 14. The molecule has 0 saturated carbocycles. The zero-order valence-corrected chi connectivity index (χ0v) is 39.7. The molecule has 6 heteroatoms. The summed E-state index contributed by atoms with van der Waals surface area (Å²) in [5.41, 5.74) is 0. The molecule has 0 aromatic heterocycles. The van der Waals surface area contributed by atoms with Gasteiger partial charge in [0.1, 0.15) is 13.2 Å². The van der Waals surface area contributed by atoms with E-state index in [1.54, 1.807) is 0 Å². The van der Waals surface area contributed by atoms with Crippen molar-refractivity contribution in [2.24, 2.45) is 0 Å². The van der Waals surface area contributed by atoms with Gasteiger partial charge in [0.15, 0.2) is 6.10 Å². The monoisotopic (exact) mass is 849 g/mol. The van der Waals surface area contributed by atoms with Crippen LogP contribution in [-0.4, -0.2) is 37.2 Å². The van der Waals surface area contributed by atoms with Crippen molar-refractivity contribution in [1.82, 2.24) is 0 Å². The van der Waals surface area contributed by atoms with Crippen LogP contribution in [0.4, 0.5) is 0 Å². The summed E-state index contributed by atoms with van der Waals surface area (Å²) in [7, 11) is 0. The summed E-state index contributed by atoms with van der Waals surface area (Å²) < 4.78 is 16.7. The highest BCUT2D eigenvalue weighted by Crippen LogP contribution is 2.15. The molecule has 0 amide bonds.